The zero-order chi connectivity index (χ0) is 19.0. The van der Waals surface area contributed by atoms with Crippen LogP contribution in [-0.4, -0.2) is 32.1 Å². The van der Waals surface area contributed by atoms with Gasteiger partial charge in [-0.05, 0) is 18.2 Å². The summed E-state index contributed by atoms with van der Waals surface area (Å²) in [5.41, 5.74) is 2.09. The van der Waals surface area contributed by atoms with Crippen molar-refractivity contribution in [1.29, 1.82) is 0 Å². The van der Waals surface area contributed by atoms with Crippen LogP contribution < -0.4 is 5.32 Å². The Bertz CT molecular complexity index is 1030. The summed E-state index contributed by atoms with van der Waals surface area (Å²) in [4.78, 5) is 32.6. The number of aromatic nitrogens is 3. The molecule has 1 aliphatic rings. The van der Waals surface area contributed by atoms with Gasteiger partial charge in [-0.25, -0.2) is 19.6 Å². The predicted octanol–water partition coefficient (Wildman–Crippen LogP) is 2.53. The number of carbonyl (C=O) groups excluding carboxylic acids is 2. The number of cyclic esters (lactones) is 2. The van der Waals surface area contributed by atoms with Crippen LogP contribution in [-0.2, 0) is 19.1 Å². The average molecular weight is 364 g/mol. The number of hydrogen-bond donors (Lipinski definition) is 1. The molecular formula is C19H16N4O4. The molecule has 3 aromatic rings. The molecule has 0 atom stereocenters. The molecule has 1 aromatic carbocycles. The van der Waals surface area contributed by atoms with Gasteiger partial charge < -0.3 is 14.8 Å². The fraction of sp³-hybridized carbons (Fsp3) is 0.158. The van der Waals surface area contributed by atoms with E-state index in [1.54, 1.807) is 12.3 Å². The van der Waals surface area contributed by atoms with Gasteiger partial charge in [-0.15, -0.1) is 0 Å². The first kappa shape index (κ1) is 16.8. The van der Waals surface area contributed by atoms with Crippen molar-refractivity contribution in [3.8, 4) is 11.3 Å². The molecule has 136 valence electrons. The van der Waals surface area contributed by atoms with E-state index in [-0.39, 0.29) is 5.57 Å². The Morgan fingerprint density at radius 3 is 2.67 bits per heavy atom. The van der Waals surface area contributed by atoms with Gasteiger partial charge in [0.15, 0.2) is 5.57 Å². The van der Waals surface area contributed by atoms with Crippen molar-refractivity contribution < 1.29 is 19.1 Å². The van der Waals surface area contributed by atoms with Gasteiger partial charge in [-0.2, -0.15) is 0 Å². The van der Waals surface area contributed by atoms with Gasteiger partial charge >= 0.3 is 11.9 Å². The lowest BCUT2D eigenvalue weighted by atomic mass is 10.1. The lowest BCUT2D eigenvalue weighted by molar-refractivity contribution is -0.222. The van der Waals surface area contributed by atoms with Crippen LogP contribution in [0.15, 0.2) is 60.7 Å². The molecule has 0 unspecified atom stereocenters. The Morgan fingerprint density at radius 2 is 1.93 bits per heavy atom. The van der Waals surface area contributed by atoms with E-state index >= 15 is 0 Å². The number of fused-ring (bicyclic) bond motifs is 1. The number of nitrogens with zero attached hydrogens (tertiary/aromatic N) is 3. The lowest BCUT2D eigenvalue weighted by Crippen LogP contribution is -2.42. The maximum atomic E-state index is 12.0. The van der Waals surface area contributed by atoms with Crippen LogP contribution in [0.3, 0.4) is 0 Å². The first-order chi connectivity index (χ1) is 12.9. The first-order valence-electron chi connectivity index (χ1n) is 8.25. The lowest BCUT2D eigenvalue weighted by Gasteiger charge is -2.29. The van der Waals surface area contributed by atoms with E-state index in [1.165, 1.54) is 20.0 Å². The molecule has 1 fully saturated rings. The van der Waals surface area contributed by atoms with Crippen molar-refractivity contribution in [2.24, 2.45) is 0 Å². The molecule has 0 bridgehead atoms. The van der Waals surface area contributed by atoms with Gasteiger partial charge in [0.05, 0.1) is 5.69 Å². The number of rotatable bonds is 3. The van der Waals surface area contributed by atoms with Gasteiger partial charge in [-0.3, -0.25) is 4.40 Å². The number of anilines is 1. The minimum absolute atomic E-state index is 0.198. The maximum absolute atomic E-state index is 12.0. The summed E-state index contributed by atoms with van der Waals surface area (Å²) in [7, 11) is 0. The molecule has 1 saturated heterocycles. The van der Waals surface area contributed by atoms with Gasteiger partial charge in [0.2, 0.25) is 5.78 Å². The van der Waals surface area contributed by atoms with Crippen LogP contribution in [0.4, 0.5) is 5.69 Å². The molecule has 2 aromatic heterocycles. The van der Waals surface area contributed by atoms with Crippen molar-refractivity contribution >= 4 is 23.4 Å². The van der Waals surface area contributed by atoms with Gasteiger partial charge in [-0.1, -0.05) is 12.1 Å². The van der Waals surface area contributed by atoms with Crippen molar-refractivity contribution in [3.05, 3.63) is 60.7 Å². The van der Waals surface area contributed by atoms with Crippen LogP contribution in [0.2, 0.25) is 0 Å². The van der Waals surface area contributed by atoms with Crippen molar-refractivity contribution in [1.82, 2.24) is 14.4 Å². The average Bonchev–Trinajstić information content (AvgIpc) is 3.04. The summed E-state index contributed by atoms with van der Waals surface area (Å²) in [5, 5.41) is 2.93. The van der Waals surface area contributed by atoms with Crippen molar-refractivity contribution in [2.45, 2.75) is 19.6 Å². The standard InChI is InChI=1S/C19H16N4O4/c1-19(2)26-16(24)14(17(25)27-19)10-21-13-6-3-5-12(9-13)15-11-23-8-4-7-20-18(23)22-15/h3-11,21H,1-2H3. The summed E-state index contributed by atoms with van der Waals surface area (Å²) in [6.45, 7) is 3.00. The molecule has 0 radical (unpaired) electrons. The minimum Gasteiger partial charge on any atom is -0.419 e. The smallest absolute Gasteiger partial charge is 0.350 e. The molecule has 3 heterocycles. The first-order valence-corrected chi connectivity index (χ1v) is 8.25. The second kappa shape index (κ2) is 6.24. The molecule has 8 heteroatoms. The summed E-state index contributed by atoms with van der Waals surface area (Å²) in [6.07, 6.45) is 6.70. The van der Waals surface area contributed by atoms with E-state index in [2.05, 4.69) is 15.3 Å². The second-order valence-corrected chi connectivity index (χ2v) is 6.42. The number of hydrogen-bond acceptors (Lipinski definition) is 7. The zero-order valence-electron chi connectivity index (χ0n) is 14.7. The molecular weight excluding hydrogens is 348 g/mol. The quantitative estimate of drug-likeness (QED) is 0.433. The number of esters is 2. The van der Waals surface area contributed by atoms with E-state index in [0.29, 0.717) is 11.5 Å². The normalized spacial score (nSPS) is 16.0. The molecule has 0 aliphatic carbocycles. The Labute approximate surface area is 154 Å². The molecule has 1 N–H and O–H groups in total. The number of benzene rings is 1. The molecule has 1 aliphatic heterocycles. The molecule has 4 rings (SSSR count). The third kappa shape index (κ3) is 3.37. The third-order valence-electron chi connectivity index (χ3n) is 3.89. The Hall–Kier alpha value is -3.68. The topological polar surface area (TPSA) is 94.8 Å². The predicted molar refractivity (Wildman–Crippen MR) is 96.4 cm³/mol. The second-order valence-electron chi connectivity index (χ2n) is 6.42. The van der Waals surface area contributed by atoms with Crippen molar-refractivity contribution in [2.75, 3.05) is 5.32 Å². The van der Waals surface area contributed by atoms with E-state index in [4.69, 9.17) is 9.47 Å². The largest absolute Gasteiger partial charge is 0.419 e. The van der Waals surface area contributed by atoms with Crippen LogP contribution in [0.25, 0.3) is 17.0 Å². The summed E-state index contributed by atoms with van der Waals surface area (Å²) >= 11 is 0. The van der Waals surface area contributed by atoms with Crippen LogP contribution in [0.1, 0.15) is 13.8 Å². The number of carbonyl (C=O) groups is 2. The summed E-state index contributed by atoms with van der Waals surface area (Å²) < 4.78 is 12.0. The molecule has 0 saturated carbocycles. The molecule has 27 heavy (non-hydrogen) atoms. The van der Waals surface area contributed by atoms with E-state index < -0.39 is 17.7 Å². The van der Waals surface area contributed by atoms with E-state index in [0.717, 1.165) is 11.3 Å². The van der Waals surface area contributed by atoms with Crippen molar-refractivity contribution in [3.63, 3.8) is 0 Å². The Kier molecular flexibility index (Phi) is 3.88. The van der Waals surface area contributed by atoms with E-state index in [9.17, 15) is 9.59 Å². The monoisotopic (exact) mass is 364 g/mol. The Morgan fingerprint density at radius 1 is 1.15 bits per heavy atom. The highest BCUT2D eigenvalue weighted by Crippen LogP contribution is 2.24. The summed E-state index contributed by atoms with van der Waals surface area (Å²) in [5.74, 6) is -2.12. The number of imidazole rings is 1. The third-order valence-corrected chi connectivity index (χ3v) is 3.89. The fourth-order valence-corrected chi connectivity index (χ4v) is 2.67. The molecule has 8 nitrogen and oxygen atoms in total. The van der Waals surface area contributed by atoms with Gasteiger partial charge in [0.25, 0.3) is 5.79 Å². The Balaban J connectivity index is 1.58. The highest BCUT2D eigenvalue weighted by Gasteiger charge is 2.38. The van der Waals surface area contributed by atoms with Gasteiger partial charge in [0.1, 0.15) is 0 Å². The van der Waals surface area contributed by atoms with Crippen LogP contribution in [0.5, 0.6) is 0 Å². The zero-order valence-corrected chi connectivity index (χ0v) is 14.7. The molecule has 0 spiro atoms. The highest BCUT2D eigenvalue weighted by molar-refractivity contribution is 6.15. The maximum Gasteiger partial charge on any atom is 0.350 e. The highest BCUT2D eigenvalue weighted by atomic mass is 16.7. The van der Waals surface area contributed by atoms with E-state index in [1.807, 2.05) is 41.1 Å². The molecule has 0 amide bonds. The number of nitrogens with one attached hydrogen (secondary N) is 1. The van der Waals surface area contributed by atoms with Crippen LogP contribution in [0, 0.1) is 0 Å². The number of ether oxygens (including phenoxy) is 2. The van der Waals surface area contributed by atoms with Gasteiger partial charge in [0, 0.05) is 49.9 Å². The summed E-state index contributed by atoms with van der Waals surface area (Å²) in [6, 6.07) is 9.23. The fourth-order valence-electron chi connectivity index (χ4n) is 2.67. The SMILES string of the molecule is CC1(C)OC(=O)C(=CNc2cccc(-c3cn4cccnc4n3)c2)C(=O)O1. The van der Waals surface area contributed by atoms with Crippen LogP contribution >= 0.6 is 0 Å². The minimum atomic E-state index is -1.26.